The highest BCUT2D eigenvalue weighted by molar-refractivity contribution is 6.03. The Bertz CT molecular complexity index is 1820. The first-order valence-electron chi connectivity index (χ1n) is 15.9. The lowest BCUT2D eigenvalue weighted by atomic mass is 9.99. The summed E-state index contributed by atoms with van der Waals surface area (Å²) in [6, 6.07) is 20.8. The Morgan fingerprint density at radius 1 is 0.800 bits per heavy atom. The first-order valence-corrected chi connectivity index (χ1v) is 15.9. The van der Waals surface area contributed by atoms with Crippen LogP contribution in [0.2, 0.25) is 0 Å². The summed E-state index contributed by atoms with van der Waals surface area (Å²) in [7, 11) is 0. The van der Waals surface area contributed by atoms with E-state index < -0.39 is 68.4 Å². The Morgan fingerprint density at radius 3 is 1.86 bits per heavy atom. The molecule has 7 N–H and O–H groups in total. The maximum absolute atomic E-state index is 11.7. The quantitative estimate of drug-likeness (QED) is 0.0567. The van der Waals surface area contributed by atoms with Gasteiger partial charge in [0, 0.05) is 41.3 Å². The molecule has 4 aromatic carbocycles. The van der Waals surface area contributed by atoms with Crippen molar-refractivity contribution in [1.29, 1.82) is 0 Å². The van der Waals surface area contributed by atoms with E-state index in [-0.39, 0.29) is 24.6 Å². The van der Waals surface area contributed by atoms with Gasteiger partial charge >= 0.3 is 5.97 Å². The fraction of sp³-hybridized carbons (Fsp3) is 0.361. The molecule has 14 nitrogen and oxygen atoms in total. The molecule has 50 heavy (non-hydrogen) atoms. The Morgan fingerprint density at radius 2 is 1.34 bits per heavy atom. The molecule has 0 aromatic heterocycles. The number of phenolic OH excluding ortho intramolecular Hbond substituents is 2. The van der Waals surface area contributed by atoms with E-state index in [4.69, 9.17) is 18.9 Å². The summed E-state index contributed by atoms with van der Waals surface area (Å²) in [5.41, 5.74) is 1.34. The molecule has 14 heteroatoms. The lowest BCUT2D eigenvalue weighted by Crippen LogP contribution is -2.61. The number of aliphatic hydroxyl groups is 5. The van der Waals surface area contributed by atoms with Crippen LogP contribution in [0, 0.1) is 0 Å². The molecule has 0 bridgehead atoms. The summed E-state index contributed by atoms with van der Waals surface area (Å²) >= 11 is 0. The molecule has 266 valence electrons. The Hall–Kier alpha value is -4.51. The van der Waals surface area contributed by atoms with Crippen LogP contribution in [0.15, 0.2) is 82.8 Å². The van der Waals surface area contributed by atoms with Crippen molar-refractivity contribution in [2.45, 2.75) is 56.1 Å². The molecular weight excluding hydrogens is 652 g/mol. The fourth-order valence-corrected chi connectivity index (χ4v) is 5.74. The van der Waals surface area contributed by atoms with Crippen LogP contribution in [0.4, 0.5) is 0 Å². The number of ether oxygens (including phenoxy) is 4. The minimum Gasteiger partial charge on any atom is -0.507 e. The normalized spacial score (nSPS) is 23.0. The van der Waals surface area contributed by atoms with Crippen LogP contribution in [-0.4, -0.2) is 130 Å². The van der Waals surface area contributed by atoms with Crippen LogP contribution in [0.25, 0.3) is 21.5 Å². The second-order valence-electron chi connectivity index (χ2n) is 11.7. The summed E-state index contributed by atoms with van der Waals surface area (Å²) in [5.74, 6) is -0.590. The third-order valence-corrected chi connectivity index (χ3v) is 8.24. The average Bonchev–Trinajstić information content (AvgIpc) is 3.11. The number of hydrogen-bond acceptors (Lipinski definition) is 14. The first-order chi connectivity index (χ1) is 24.1. The van der Waals surface area contributed by atoms with Crippen molar-refractivity contribution < 1.29 is 59.5 Å². The molecule has 4 aromatic rings. The maximum Gasteiger partial charge on any atom is 0.303 e. The van der Waals surface area contributed by atoms with Gasteiger partial charge in [0.15, 0.2) is 18.7 Å². The lowest BCUT2D eigenvalue weighted by Gasteiger charge is -2.42. The smallest absolute Gasteiger partial charge is 0.303 e. The minimum absolute atomic E-state index is 0.0920. The second-order valence-corrected chi connectivity index (χ2v) is 11.7. The number of phenols is 2. The molecule has 0 spiro atoms. The standard InChI is InChI=1S/C36H40N2O12/c1-20(41)47-35-33(45)31(19-40)50-36(34(35)46)49-29(16-37-14-21-10-12-27(42)25-8-4-2-6-23(21)25)30(18-39)48-32(44)17-38-15-22-11-13-28(43)26-9-5-3-7-24(22)26/h2-15,29-36,39-40,42-46H,16-19H2,1H3/t29-,30+,31-,32-,33+,34+,35-,36-/m0/s1. The van der Waals surface area contributed by atoms with Crippen molar-refractivity contribution in [2.24, 2.45) is 9.98 Å². The molecule has 0 amide bonds. The average molecular weight is 693 g/mol. The van der Waals surface area contributed by atoms with Gasteiger partial charge in [-0.05, 0) is 35.0 Å². The van der Waals surface area contributed by atoms with Crippen molar-refractivity contribution in [1.82, 2.24) is 0 Å². The number of aromatic hydroxyl groups is 2. The van der Waals surface area contributed by atoms with Gasteiger partial charge in [-0.2, -0.15) is 0 Å². The number of carbonyl (C=O) groups excluding carboxylic acids is 1. The van der Waals surface area contributed by atoms with Crippen molar-refractivity contribution in [3.63, 3.8) is 0 Å². The monoisotopic (exact) mass is 692 g/mol. The zero-order valence-corrected chi connectivity index (χ0v) is 27.1. The summed E-state index contributed by atoms with van der Waals surface area (Å²) in [5, 5.41) is 75.6. The maximum atomic E-state index is 11.7. The fourth-order valence-electron chi connectivity index (χ4n) is 5.74. The van der Waals surface area contributed by atoms with Crippen LogP contribution in [0.5, 0.6) is 11.5 Å². The predicted octanol–water partition coefficient (Wildman–Crippen LogP) is 1.39. The van der Waals surface area contributed by atoms with Crippen LogP contribution < -0.4 is 0 Å². The molecule has 0 radical (unpaired) electrons. The number of esters is 1. The van der Waals surface area contributed by atoms with Gasteiger partial charge in [-0.1, -0.05) is 48.5 Å². The Labute approximate surface area is 287 Å². The number of rotatable bonds is 14. The Kier molecular flexibility index (Phi) is 12.5. The molecule has 0 aliphatic carbocycles. The van der Waals surface area contributed by atoms with Gasteiger partial charge in [-0.3, -0.25) is 14.8 Å². The van der Waals surface area contributed by atoms with E-state index in [0.29, 0.717) is 27.3 Å². The van der Waals surface area contributed by atoms with E-state index in [9.17, 15) is 40.5 Å². The highest BCUT2D eigenvalue weighted by Gasteiger charge is 2.48. The summed E-state index contributed by atoms with van der Waals surface area (Å²) in [6.07, 6.45) is -8.69. The molecule has 1 aliphatic heterocycles. The number of carbonyl (C=O) groups is 1. The topological polar surface area (TPSA) is 220 Å². The molecule has 1 heterocycles. The van der Waals surface area contributed by atoms with Crippen LogP contribution in [0.3, 0.4) is 0 Å². The van der Waals surface area contributed by atoms with Crippen LogP contribution in [-0.2, 0) is 23.7 Å². The number of fused-ring (bicyclic) bond motifs is 2. The van der Waals surface area contributed by atoms with E-state index in [1.165, 1.54) is 24.6 Å². The second kappa shape index (κ2) is 16.9. The van der Waals surface area contributed by atoms with Gasteiger partial charge in [0.2, 0.25) is 0 Å². The van der Waals surface area contributed by atoms with Crippen LogP contribution in [0.1, 0.15) is 18.1 Å². The molecule has 1 saturated heterocycles. The minimum atomic E-state index is -1.72. The largest absolute Gasteiger partial charge is 0.507 e. The number of benzene rings is 4. The zero-order valence-electron chi connectivity index (χ0n) is 27.1. The molecule has 1 aliphatic rings. The number of hydrogen-bond donors (Lipinski definition) is 7. The summed E-state index contributed by atoms with van der Waals surface area (Å²) in [4.78, 5) is 20.5. The third-order valence-electron chi connectivity index (χ3n) is 8.24. The molecule has 0 unspecified atom stereocenters. The molecule has 5 rings (SSSR count). The number of nitrogens with zero attached hydrogens (tertiary/aromatic N) is 2. The highest BCUT2D eigenvalue weighted by Crippen LogP contribution is 2.29. The lowest BCUT2D eigenvalue weighted by molar-refractivity contribution is -0.322. The van der Waals surface area contributed by atoms with Crippen molar-refractivity contribution in [3.8, 4) is 11.5 Å². The summed E-state index contributed by atoms with van der Waals surface area (Å²) in [6.45, 7) is -0.764. The van der Waals surface area contributed by atoms with Crippen molar-refractivity contribution in [2.75, 3.05) is 26.3 Å². The van der Waals surface area contributed by atoms with Gasteiger partial charge in [0.05, 0.1) is 26.3 Å². The van der Waals surface area contributed by atoms with E-state index in [1.807, 2.05) is 24.3 Å². The van der Waals surface area contributed by atoms with Crippen LogP contribution >= 0.6 is 0 Å². The first kappa shape index (κ1) is 36.8. The molecule has 1 fully saturated rings. The van der Waals surface area contributed by atoms with E-state index in [2.05, 4.69) is 9.98 Å². The zero-order chi connectivity index (χ0) is 35.8. The predicted molar refractivity (Wildman–Crippen MR) is 182 cm³/mol. The van der Waals surface area contributed by atoms with Gasteiger partial charge < -0.3 is 54.7 Å². The molecular formula is C36H40N2O12. The molecule has 8 atom stereocenters. The number of aliphatic hydroxyl groups excluding tert-OH is 5. The van der Waals surface area contributed by atoms with Gasteiger partial charge in [0.25, 0.3) is 0 Å². The third kappa shape index (κ3) is 8.61. The van der Waals surface area contributed by atoms with Crippen molar-refractivity contribution >= 4 is 39.9 Å². The van der Waals surface area contributed by atoms with Gasteiger partial charge in [0.1, 0.15) is 42.0 Å². The molecule has 0 saturated carbocycles. The van der Waals surface area contributed by atoms with E-state index in [1.54, 1.807) is 36.4 Å². The number of aliphatic imine (C=N–C) groups is 2. The van der Waals surface area contributed by atoms with E-state index in [0.717, 1.165) is 12.3 Å². The summed E-state index contributed by atoms with van der Waals surface area (Å²) < 4.78 is 22.5. The van der Waals surface area contributed by atoms with Crippen molar-refractivity contribution in [3.05, 3.63) is 83.9 Å². The van der Waals surface area contributed by atoms with Gasteiger partial charge in [-0.15, -0.1) is 0 Å². The highest BCUT2D eigenvalue weighted by atomic mass is 16.7. The van der Waals surface area contributed by atoms with E-state index >= 15 is 0 Å². The SMILES string of the molecule is CC(=O)O[C@@H]1[C@@H](O)[C@@H](O[C@@H](CN=Cc2ccc(O)c3ccccc23)[C@@H](CO)O[C@H](O)CN=Cc2ccc(O)c3ccccc23)O[C@@H](CO)[C@H]1O. The Balaban J connectivity index is 1.36. The van der Waals surface area contributed by atoms with Gasteiger partial charge in [-0.25, -0.2) is 0 Å².